The van der Waals surface area contributed by atoms with Gasteiger partial charge >= 0.3 is 0 Å². The van der Waals surface area contributed by atoms with Crippen LogP contribution in [-0.2, 0) is 4.79 Å². The molecule has 5 nitrogen and oxygen atoms in total. The number of hydrogen-bond donors (Lipinski definition) is 2. The molecule has 35 heavy (non-hydrogen) atoms. The summed E-state index contributed by atoms with van der Waals surface area (Å²) in [5, 5.41) is 2.63. The van der Waals surface area contributed by atoms with Crippen LogP contribution < -0.4 is 10.1 Å². The normalized spacial score (nSPS) is 15.2. The summed E-state index contributed by atoms with van der Waals surface area (Å²) < 4.78 is 23.6. The quantitative estimate of drug-likeness (QED) is 0.302. The Hall–Kier alpha value is -2.80. The van der Waals surface area contributed by atoms with Crippen molar-refractivity contribution in [1.82, 2.24) is 9.55 Å². The lowest BCUT2D eigenvalue weighted by molar-refractivity contribution is -0.116. The number of aromatic nitrogens is 2. The maximum Gasteiger partial charge on any atom is 0.298 e. The summed E-state index contributed by atoms with van der Waals surface area (Å²) in [7, 11) is 0. The fourth-order valence-corrected chi connectivity index (χ4v) is 4.88. The standard InChI is InChI=1S/C28H34FN3O2S/c1-5-34-28-30-25(20-14-15-20)26(31-27(33)23(35)16-17(2)3)32(28)18(4)21-12-9-13-22(24(21)29)19-10-7-6-8-11-19/h6-13,17-18,20,23,35H,5,14-16H2,1-4H3,(H,31,33)/t18?,23-/m0/s1. The predicted octanol–water partition coefficient (Wildman–Crippen LogP) is 6.86. The van der Waals surface area contributed by atoms with Crippen molar-refractivity contribution in [3.63, 3.8) is 0 Å². The van der Waals surface area contributed by atoms with Crippen LogP contribution in [0.15, 0.2) is 48.5 Å². The molecule has 3 aromatic rings. The van der Waals surface area contributed by atoms with Gasteiger partial charge in [-0.2, -0.15) is 17.6 Å². The molecule has 1 heterocycles. The number of amides is 1. The van der Waals surface area contributed by atoms with E-state index in [0.717, 1.165) is 24.1 Å². The van der Waals surface area contributed by atoms with Crippen LogP contribution >= 0.6 is 12.6 Å². The van der Waals surface area contributed by atoms with Crippen molar-refractivity contribution in [2.45, 2.75) is 64.2 Å². The van der Waals surface area contributed by atoms with Crippen molar-refractivity contribution in [3.05, 3.63) is 65.6 Å². The van der Waals surface area contributed by atoms with Crippen molar-refractivity contribution in [1.29, 1.82) is 0 Å². The molecule has 1 N–H and O–H groups in total. The zero-order chi connectivity index (χ0) is 25.1. The Morgan fingerprint density at radius 2 is 1.89 bits per heavy atom. The highest BCUT2D eigenvalue weighted by molar-refractivity contribution is 7.81. The van der Waals surface area contributed by atoms with Gasteiger partial charge in [0.1, 0.15) is 11.6 Å². The summed E-state index contributed by atoms with van der Waals surface area (Å²) in [5.41, 5.74) is 2.66. The summed E-state index contributed by atoms with van der Waals surface area (Å²) in [6, 6.07) is 14.9. The summed E-state index contributed by atoms with van der Waals surface area (Å²) in [6.07, 6.45) is 2.67. The molecule has 186 valence electrons. The lowest BCUT2D eigenvalue weighted by Crippen LogP contribution is -2.27. The Labute approximate surface area is 212 Å². The molecule has 1 fully saturated rings. The Balaban J connectivity index is 1.78. The average Bonchev–Trinajstić information content (AvgIpc) is 3.62. The molecule has 1 aromatic heterocycles. The van der Waals surface area contributed by atoms with Gasteiger partial charge in [-0.25, -0.2) is 4.39 Å². The number of anilines is 1. The number of carbonyl (C=O) groups is 1. The molecule has 1 aliphatic rings. The number of rotatable bonds is 10. The zero-order valence-corrected chi connectivity index (χ0v) is 21.7. The van der Waals surface area contributed by atoms with E-state index >= 15 is 4.39 Å². The van der Waals surface area contributed by atoms with Gasteiger partial charge < -0.3 is 10.1 Å². The van der Waals surface area contributed by atoms with Gasteiger partial charge in [-0.3, -0.25) is 9.36 Å². The van der Waals surface area contributed by atoms with Crippen molar-refractivity contribution >= 4 is 24.4 Å². The molecule has 2 atom stereocenters. The molecule has 1 saturated carbocycles. The molecule has 1 aliphatic carbocycles. The summed E-state index contributed by atoms with van der Waals surface area (Å²) in [6.45, 7) is 8.34. The Kier molecular flexibility index (Phi) is 7.85. The molecule has 2 aromatic carbocycles. The molecular weight excluding hydrogens is 461 g/mol. The lowest BCUT2D eigenvalue weighted by atomic mass is 9.99. The SMILES string of the molecule is CCOc1nc(C2CC2)c(NC(=O)[C@@H](S)CC(C)C)n1C(C)c1cccc(-c2ccccc2)c1F. The second-order valence-corrected chi connectivity index (χ2v) is 10.2. The lowest BCUT2D eigenvalue weighted by Gasteiger charge is -2.22. The van der Waals surface area contributed by atoms with Crippen molar-refractivity contribution in [3.8, 4) is 17.1 Å². The molecule has 0 saturated heterocycles. The monoisotopic (exact) mass is 495 g/mol. The van der Waals surface area contributed by atoms with Gasteiger partial charge in [0.2, 0.25) is 5.91 Å². The molecule has 1 unspecified atom stereocenters. The predicted molar refractivity (Wildman–Crippen MR) is 142 cm³/mol. The maximum atomic E-state index is 15.9. The molecule has 1 amide bonds. The van der Waals surface area contributed by atoms with Gasteiger partial charge in [0.15, 0.2) is 0 Å². The van der Waals surface area contributed by atoms with Gasteiger partial charge in [-0.05, 0) is 44.6 Å². The third kappa shape index (κ3) is 5.56. The van der Waals surface area contributed by atoms with Crippen LogP contribution in [0.4, 0.5) is 10.2 Å². The second kappa shape index (κ2) is 10.9. The van der Waals surface area contributed by atoms with Gasteiger partial charge in [-0.1, -0.05) is 62.4 Å². The van der Waals surface area contributed by atoms with Crippen molar-refractivity contribution < 1.29 is 13.9 Å². The number of nitrogens with zero attached hydrogens (tertiary/aromatic N) is 2. The third-order valence-electron chi connectivity index (χ3n) is 6.33. The zero-order valence-electron chi connectivity index (χ0n) is 20.8. The number of ether oxygens (including phenoxy) is 1. The van der Waals surface area contributed by atoms with Crippen LogP contribution in [0.5, 0.6) is 6.01 Å². The molecular formula is C28H34FN3O2S. The van der Waals surface area contributed by atoms with E-state index in [2.05, 4.69) is 31.8 Å². The van der Waals surface area contributed by atoms with Crippen molar-refractivity contribution in [2.24, 2.45) is 5.92 Å². The fraction of sp³-hybridized carbons (Fsp3) is 0.429. The first kappa shape index (κ1) is 25.3. The number of benzene rings is 2. The van der Waals surface area contributed by atoms with Crippen LogP contribution in [0.3, 0.4) is 0 Å². The van der Waals surface area contributed by atoms with Crippen LogP contribution in [0.25, 0.3) is 11.1 Å². The van der Waals surface area contributed by atoms with E-state index in [4.69, 9.17) is 9.72 Å². The minimum atomic E-state index is -0.459. The van der Waals surface area contributed by atoms with E-state index in [-0.39, 0.29) is 17.6 Å². The first-order chi connectivity index (χ1) is 16.8. The maximum absolute atomic E-state index is 15.9. The second-order valence-electron chi connectivity index (χ2n) is 9.59. The summed E-state index contributed by atoms with van der Waals surface area (Å²) in [5.74, 6) is 0.713. The molecule has 0 spiro atoms. The highest BCUT2D eigenvalue weighted by atomic mass is 32.1. The number of halogens is 1. The largest absolute Gasteiger partial charge is 0.465 e. The van der Waals surface area contributed by atoms with E-state index in [1.807, 2.05) is 54.8 Å². The van der Waals surface area contributed by atoms with Crippen LogP contribution in [0, 0.1) is 11.7 Å². The highest BCUT2D eigenvalue weighted by Crippen LogP contribution is 2.46. The number of thiol groups is 1. The minimum absolute atomic E-state index is 0.182. The number of nitrogens with one attached hydrogen (secondary N) is 1. The number of imidazole rings is 1. The van der Waals surface area contributed by atoms with Gasteiger partial charge in [0.05, 0.1) is 23.6 Å². The van der Waals surface area contributed by atoms with E-state index in [9.17, 15) is 4.79 Å². The Morgan fingerprint density at radius 1 is 1.17 bits per heavy atom. The van der Waals surface area contributed by atoms with E-state index in [1.54, 1.807) is 12.1 Å². The first-order valence-corrected chi connectivity index (χ1v) is 12.9. The van der Waals surface area contributed by atoms with Gasteiger partial charge in [-0.15, -0.1) is 0 Å². The molecule has 0 radical (unpaired) electrons. The van der Waals surface area contributed by atoms with Gasteiger partial charge in [0, 0.05) is 17.0 Å². The van der Waals surface area contributed by atoms with Crippen LogP contribution in [0.2, 0.25) is 0 Å². The van der Waals surface area contributed by atoms with E-state index in [0.29, 0.717) is 41.9 Å². The average molecular weight is 496 g/mol. The molecule has 7 heteroatoms. The van der Waals surface area contributed by atoms with Crippen LogP contribution in [0.1, 0.15) is 70.2 Å². The van der Waals surface area contributed by atoms with Gasteiger partial charge in [0.25, 0.3) is 6.01 Å². The van der Waals surface area contributed by atoms with Crippen LogP contribution in [-0.4, -0.2) is 27.3 Å². The summed E-state index contributed by atoms with van der Waals surface area (Å²) in [4.78, 5) is 17.9. The van der Waals surface area contributed by atoms with E-state index in [1.165, 1.54) is 0 Å². The topological polar surface area (TPSA) is 56.1 Å². The summed E-state index contributed by atoms with van der Waals surface area (Å²) >= 11 is 4.54. The Bertz CT molecular complexity index is 1170. The first-order valence-electron chi connectivity index (χ1n) is 12.4. The molecule has 0 bridgehead atoms. The Morgan fingerprint density at radius 3 is 2.51 bits per heavy atom. The number of hydrogen-bond acceptors (Lipinski definition) is 4. The molecule has 0 aliphatic heterocycles. The minimum Gasteiger partial charge on any atom is -0.465 e. The van der Waals surface area contributed by atoms with Crippen molar-refractivity contribution in [2.75, 3.05) is 11.9 Å². The highest BCUT2D eigenvalue weighted by Gasteiger charge is 2.35. The smallest absolute Gasteiger partial charge is 0.298 e. The number of carbonyl (C=O) groups excluding carboxylic acids is 1. The van der Waals surface area contributed by atoms with E-state index < -0.39 is 11.3 Å². The third-order valence-corrected chi connectivity index (χ3v) is 6.78. The molecule has 4 rings (SSSR count). The fourth-order valence-electron chi connectivity index (χ4n) is 4.39.